The third kappa shape index (κ3) is 5.80. The number of halogens is 1. The number of hydrogen-bond acceptors (Lipinski definition) is 4. The van der Waals surface area contributed by atoms with E-state index in [0.29, 0.717) is 19.7 Å². The van der Waals surface area contributed by atoms with Gasteiger partial charge in [0.2, 0.25) is 0 Å². The highest BCUT2D eigenvalue weighted by Crippen LogP contribution is 2.07. The molecule has 0 unspecified atom stereocenters. The topological polar surface area (TPSA) is 67.6 Å². The Morgan fingerprint density at radius 2 is 2.04 bits per heavy atom. The standard InChI is InChI=1S/C18H27FN6O/c1-14-22-23-17(25(14)3)12-21-18(20-10-5-11-26-4)24(2)13-15-6-8-16(19)9-7-15/h6-9H,5,10-13H2,1-4H3,(H,20,21). The summed E-state index contributed by atoms with van der Waals surface area (Å²) in [5.74, 6) is 2.17. The van der Waals surface area contributed by atoms with E-state index in [1.54, 1.807) is 19.2 Å². The van der Waals surface area contributed by atoms with Gasteiger partial charge in [0.15, 0.2) is 11.8 Å². The maximum Gasteiger partial charge on any atom is 0.194 e. The van der Waals surface area contributed by atoms with E-state index in [9.17, 15) is 4.39 Å². The number of benzene rings is 1. The molecule has 0 aliphatic carbocycles. The summed E-state index contributed by atoms with van der Waals surface area (Å²) < 4.78 is 20.1. The number of aromatic nitrogens is 3. The molecule has 0 bridgehead atoms. The van der Waals surface area contributed by atoms with Crippen molar-refractivity contribution in [3.63, 3.8) is 0 Å². The van der Waals surface area contributed by atoms with E-state index in [0.717, 1.165) is 36.1 Å². The van der Waals surface area contributed by atoms with Gasteiger partial charge in [0.1, 0.15) is 18.2 Å². The minimum atomic E-state index is -0.236. The molecule has 2 aromatic rings. The molecule has 0 fully saturated rings. The zero-order chi connectivity index (χ0) is 18.9. The Balaban J connectivity index is 2.06. The Hall–Kier alpha value is -2.48. The van der Waals surface area contributed by atoms with E-state index in [4.69, 9.17) is 4.74 Å². The van der Waals surface area contributed by atoms with Crippen LogP contribution in [-0.2, 0) is 24.9 Å². The zero-order valence-electron chi connectivity index (χ0n) is 15.9. The van der Waals surface area contributed by atoms with E-state index in [-0.39, 0.29) is 5.82 Å². The Morgan fingerprint density at radius 3 is 2.65 bits per heavy atom. The fourth-order valence-corrected chi connectivity index (χ4v) is 2.40. The van der Waals surface area contributed by atoms with Crippen LogP contribution >= 0.6 is 0 Å². The molecule has 0 aliphatic rings. The molecule has 0 spiro atoms. The normalized spacial score (nSPS) is 11.7. The first kappa shape index (κ1) is 19.8. The molecule has 8 heteroatoms. The van der Waals surface area contributed by atoms with Crippen LogP contribution in [0.4, 0.5) is 4.39 Å². The fourth-order valence-electron chi connectivity index (χ4n) is 2.40. The van der Waals surface area contributed by atoms with Crippen LogP contribution in [0.2, 0.25) is 0 Å². The average molecular weight is 362 g/mol. The molecular formula is C18H27FN6O. The summed E-state index contributed by atoms with van der Waals surface area (Å²) in [5, 5.41) is 11.6. The second kappa shape index (κ2) is 9.86. The second-order valence-corrected chi connectivity index (χ2v) is 6.12. The molecule has 26 heavy (non-hydrogen) atoms. The highest BCUT2D eigenvalue weighted by atomic mass is 19.1. The Labute approximate surface area is 153 Å². The number of aryl methyl sites for hydroxylation is 1. The molecule has 0 radical (unpaired) electrons. The molecule has 142 valence electrons. The summed E-state index contributed by atoms with van der Waals surface area (Å²) in [4.78, 5) is 6.68. The van der Waals surface area contributed by atoms with Gasteiger partial charge in [0.25, 0.3) is 0 Å². The highest BCUT2D eigenvalue weighted by molar-refractivity contribution is 5.79. The van der Waals surface area contributed by atoms with E-state index >= 15 is 0 Å². The third-order valence-electron chi connectivity index (χ3n) is 4.06. The van der Waals surface area contributed by atoms with Gasteiger partial charge >= 0.3 is 0 Å². The van der Waals surface area contributed by atoms with Gasteiger partial charge in [0, 0.05) is 40.9 Å². The summed E-state index contributed by atoms with van der Waals surface area (Å²) >= 11 is 0. The van der Waals surface area contributed by atoms with Gasteiger partial charge in [-0.1, -0.05) is 12.1 Å². The Morgan fingerprint density at radius 1 is 1.31 bits per heavy atom. The first-order chi connectivity index (χ1) is 12.5. The maximum atomic E-state index is 13.1. The Bertz CT molecular complexity index is 713. The fraction of sp³-hybridized carbons (Fsp3) is 0.500. The molecule has 2 rings (SSSR count). The van der Waals surface area contributed by atoms with Crippen molar-refractivity contribution in [2.45, 2.75) is 26.4 Å². The number of aliphatic imine (C=N–C) groups is 1. The van der Waals surface area contributed by atoms with Crippen molar-refractivity contribution in [1.82, 2.24) is 25.0 Å². The summed E-state index contributed by atoms with van der Waals surface area (Å²) in [6, 6.07) is 6.49. The summed E-state index contributed by atoms with van der Waals surface area (Å²) in [5.41, 5.74) is 1.01. The smallest absolute Gasteiger partial charge is 0.194 e. The molecule has 0 aliphatic heterocycles. The van der Waals surface area contributed by atoms with Crippen molar-refractivity contribution in [1.29, 1.82) is 0 Å². The maximum absolute atomic E-state index is 13.1. The van der Waals surface area contributed by atoms with Crippen LogP contribution in [0.25, 0.3) is 0 Å². The molecule has 1 aromatic heterocycles. The van der Waals surface area contributed by atoms with Crippen molar-refractivity contribution < 1.29 is 9.13 Å². The van der Waals surface area contributed by atoms with Crippen LogP contribution in [0.3, 0.4) is 0 Å². The van der Waals surface area contributed by atoms with Crippen LogP contribution in [0.1, 0.15) is 23.6 Å². The summed E-state index contributed by atoms with van der Waals surface area (Å²) in [6.45, 7) is 4.39. The number of rotatable bonds is 8. The number of nitrogens with one attached hydrogen (secondary N) is 1. The van der Waals surface area contributed by atoms with Gasteiger partial charge in [0.05, 0.1) is 0 Å². The van der Waals surface area contributed by atoms with E-state index in [1.807, 2.05) is 30.5 Å². The highest BCUT2D eigenvalue weighted by Gasteiger charge is 2.09. The SMILES string of the molecule is COCCCNC(=NCc1nnc(C)n1C)N(C)Cc1ccc(F)cc1. The summed E-state index contributed by atoms with van der Waals surface area (Å²) in [6.07, 6.45) is 0.878. The number of hydrogen-bond donors (Lipinski definition) is 1. The predicted molar refractivity (Wildman–Crippen MR) is 99.2 cm³/mol. The second-order valence-electron chi connectivity index (χ2n) is 6.12. The molecule has 1 N–H and O–H groups in total. The lowest BCUT2D eigenvalue weighted by Gasteiger charge is -2.22. The van der Waals surface area contributed by atoms with E-state index in [2.05, 4.69) is 20.5 Å². The number of guanidine groups is 1. The van der Waals surface area contributed by atoms with Crippen LogP contribution in [-0.4, -0.2) is 52.9 Å². The lowest BCUT2D eigenvalue weighted by molar-refractivity contribution is 0.195. The van der Waals surface area contributed by atoms with Crippen molar-refractivity contribution >= 4 is 5.96 Å². The van der Waals surface area contributed by atoms with Gasteiger partial charge in [-0.25, -0.2) is 9.38 Å². The lowest BCUT2D eigenvalue weighted by atomic mass is 10.2. The minimum Gasteiger partial charge on any atom is -0.385 e. The first-order valence-corrected chi connectivity index (χ1v) is 8.59. The largest absolute Gasteiger partial charge is 0.385 e. The van der Waals surface area contributed by atoms with Crippen LogP contribution in [0.5, 0.6) is 0 Å². The zero-order valence-corrected chi connectivity index (χ0v) is 15.9. The first-order valence-electron chi connectivity index (χ1n) is 8.59. The minimum absolute atomic E-state index is 0.236. The molecule has 7 nitrogen and oxygen atoms in total. The van der Waals surface area contributed by atoms with Crippen molar-refractivity contribution in [3.8, 4) is 0 Å². The monoisotopic (exact) mass is 362 g/mol. The van der Waals surface area contributed by atoms with Gasteiger partial charge in [-0.05, 0) is 31.0 Å². The average Bonchev–Trinajstić information content (AvgIpc) is 2.95. The van der Waals surface area contributed by atoms with E-state index < -0.39 is 0 Å². The lowest BCUT2D eigenvalue weighted by Crippen LogP contribution is -2.39. The molecule has 0 atom stereocenters. The molecule has 1 aromatic carbocycles. The van der Waals surface area contributed by atoms with Crippen LogP contribution in [0.15, 0.2) is 29.3 Å². The molecular weight excluding hydrogens is 335 g/mol. The van der Waals surface area contributed by atoms with Crippen molar-refractivity contribution in [2.24, 2.45) is 12.0 Å². The number of ether oxygens (including phenoxy) is 1. The number of nitrogens with zero attached hydrogens (tertiary/aromatic N) is 5. The van der Waals surface area contributed by atoms with Crippen LogP contribution in [0, 0.1) is 12.7 Å². The van der Waals surface area contributed by atoms with E-state index in [1.165, 1.54) is 12.1 Å². The predicted octanol–water partition coefficient (Wildman–Crippen LogP) is 1.88. The molecule has 0 saturated heterocycles. The van der Waals surface area contributed by atoms with Gasteiger partial charge in [-0.2, -0.15) is 0 Å². The van der Waals surface area contributed by atoms with Gasteiger partial charge in [-0.15, -0.1) is 10.2 Å². The quantitative estimate of drug-likeness (QED) is 0.441. The summed E-state index contributed by atoms with van der Waals surface area (Å²) in [7, 11) is 5.56. The van der Waals surface area contributed by atoms with Crippen molar-refractivity contribution in [2.75, 3.05) is 27.3 Å². The number of methoxy groups -OCH3 is 1. The van der Waals surface area contributed by atoms with Crippen molar-refractivity contribution in [3.05, 3.63) is 47.3 Å². The van der Waals surface area contributed by atoms with Crippen LogP contribution < -0.4 is 5.32 Å². The Kier molecular flexibility index (Phi) is 7.53. The van der Waals surface area contributed by atoms with Gasteiger partial charge in [-0.3, -0.25) is 0 Å². The molecule has 1 heterocycles. The molecule has 0 amide bonds. The third-order valence-corrected chi connectivity index (χ3v) is 4.06. The van der Waals surface area contributed by atoms with Gasteiger partial charge < -0.3 is 19.5 Å². The molecule has 0 saturated carbocycles.